The lowest BCUT2D eigenvalue weighted by molar-refractivity contribution is -0.137. The van der Waals surface area contributed by atoms with Gasteiger partial charge in [0.25, 0.3) is 5.89 Å². The molecule has 3 heterocycles. The maximum atomic E-state index is 12.8. The van der Waals surface area contributed by atoms with Crippen LogP contribution in [0.25, 0.3) is 22.4 Å². The number of nitrogens with one attached hydrogen (secondary N) is 1. The number of halogens is 3. The van der Waals surface area contributed by atoms with Crippen LogP contribution < -0.4 is 5.32 Å². The lowest BCUT2D eigenvalue weighted by Crippen LogP contribution is -2.26. The zero-order valence-corrected chi connectivity index (χ0v) is 16.7. The summed E-state index contributed by atoms with van der Waals surface area (Å²) in [6.07, 6.45) is 0.0114. The molecule has 1 aliphatic heterocycles. The minimum Gasteiger partial charge on any atom is -0.339 e. The zero-order valence-electron chi connectivity index (χ0n) is 16.7. The Hall–Kier alpha value is -3.13. The maximum absolute atomic E-state index is 12.8. The molecule has 2 aromatic heterocycles. The second-order valence-electron chi connectivity index (χ2n) is 7.84. The molecule has 5 nitrogen and oxygen atoms in total. The van der Waals surface area contributed by atoms with Gasteiger partial charge in [-0.1, -0.05) is 23.4 Å². The Labute approximate surface area is 176 Å². The molecular formula is C23H21F3N4O. The van der Waals surface area contributed by atoms with Crippen LogP contribution in [-0.4, -0.2) is 27.8 Å². The Morgan fingerprint density at radius 1 is 1.03 bits per heavy atom. The van der Waals surface area contributed by atoms with E-state index in [4.69, 9.17) is 4.52 Å². The summed E-state index contributed by atoms with van der Waals surface area (Å²) in [4.78, 5) is 4.41. The van der Waals surface area contributed by atoms with Crippen LogP contribution in [0.15, 0.2) is 59.3 Å². The number of rotatable bonds is 4. The Kier molecular flexibility index (Phi) is 5.02. The summed E-state index contributed by atoms with van der Waals surface area (Å²) in [5.41, 5.74) is 2.19. The molecule has 0 radical (unpaired) electrons. The smallest absolute Gasteiger partial charge is 0.339 e. The molecule has 1 saturated heterocycles. The third-order valence-corrected chi connectivity index (χ3v) is 5.84. The number of nitrogens with zero attached hydrogens (tertiary/aromatic N) is 3. The molecule has 1 fully saturated rings. The fourth-order valence-electron chi connectivity index (χ4n) is 4.25. The van der Waals surface area contributed by atoms with Crippen molar-refractivity contribution in [2.75, 3.05) is 13.1 Å². The van der Waals surface area contributed by atoms with Gasteiger partial charge in [0, 0.05) is 22.7 Å². The van der Waals surface area contributed by atoms with E-state index < -0.39 is 11.7 Å². The molecule has 0 aliphatic carbocycles. The molecule has 0 unspecified atom stereocenters. The molecule has 1 N–H and O–H groups in total. The van der Waals surface area contributed by atoms with Crippen LogP contribution in [0.5, 0.6) is 0 Å². The minimum atomic E-state index is -4.37. The van der Waals surface area contributed by atoms with Gasteiger partial charge in [-0.3, -0.25) is 0 Å². The fraction of sp³-hybridized carbons (Fsp3) is 0.304. The quantitative estimate of drug-likeness (QED) is 0.486. The van der Waals surface area contributed by atoms with Gasteiger partial charge < -0.3 is 14.4 Å². The van der Waals surface area contributed by atoms with E-state index in [-0.39, 0.29) is 5.89 Å². The van der Waals surface area contributed by atoms with Gasteiger partial charge in [0.1, 0.15) is 0 Å². The number of benzene rings is 2. The molecule has 4 aromatic rings. The number of piperidine rings is 1. The van der Waals surface area contributed by atoms with Crippen molar-refractivity contribution in [3.8, 4) is 11.5 Å². The predicted molar refractivity (Wildman–Crippen MR) is 111 cm³/mol. The predicted octanol–water partition coefficient (Wildman–Crippen LogP) is 5.23. The summed E-state index contributed by atoms with van der Waals surface area (Å²) in [6.45, 7) is 2.46. The van der Waals surface area contributed by atoms with Gasteiger partial charge >= 0.3 is 6.18 Å². The average molecular weight is 426 g/mol. The molecule has 1 aliphatic rings. The van der Waals surface area contributed by atoms with Crippen molar-refractivity contribution in [1.82, 2.24) is 20.0 Å². The van der Waals surface area contributed by atoms with Gasteiger partial charge in [-0.05, 0) is 67.7 Å². The van der Waals surface area contributed by atoms with Crippen LogP contribution in [0.3, 0.4) is 0 Å². The molecule has 0 amide bonds. The molecule has 160 valence electrons. The molecule has 31 heavy (non-hydrogen) atoms. The second-order valence-corrected chi connectivity index (χ2v) is 7.84. The van der Waals surface area contributed by atoms with Crippen LogP contribution in [0.2, 0.25) is 0 Å². The summed E-state index contributed by atoms with van der Waals surface area (Å²) in [6, 6.07) is 13.0. The normalized spacial score (nSPS) is 15.6. The molecule has 2 aromatic carbocycles. The summed E-state index contributed by atoms with van der Waals surface area (Å²) in [5, 5.41) is 8.69. The lowest BCUT2D eigenvalue weighted by atomic mass is 9.90. The van der Waals surface area contributed by atoms with E-state index in [1.54, 1.807) is 0 Å². The molecule has 0 saturated carbocycles. The third-order valence-electron chi connectivity index (χ3n) is 5.84. The van der Waals surface area contributed by atoms with Crippen molar-refractivity contribution < 1.29 is 17.7 Å². The first kappa shape index (κ1) is 19.8. The van der Waals surface area contributed by atoms with Crippen LogP contribution in [-0.2, 0) is 12.7 Å². The first-order chi connectivity index (χ1) is 15.0. The standard InChI is InChI=1S/C23H21F3N4O/c24-23(25,26)17-7-5-16(6-8-17)22-28-21(29-31-22)14-30-13-19(15-9-11-27-12-10-15)18-3-1-2-4-20(18)30/h1-8,13,15,27H,9-12,14H2. The molecule has 5 rings (SSSR count). The topological polar surface area (TPSA) is 55.9 Å². The summed E-state index contributed by atoms with van der Waals surface area (Å²) in [5.74, 6) is 1.20. The molecule has 0 spiro atoms. The highest BCUT2D eigenvalue weighted by Crippen LogP contribution is 2.34. The van der Waals surface area contributed by atoms with Crippen LogP contribution in [0, 0.1) is 0 Å². The van der Waals surface area contributed by atoms with Crippen LogP contribution in [0.4, 0.5) is 13.2 Å². The fourth-order valence-corrected chi connectivity index (χ4v) is 4.25. The van der Waals surface area contributed by atoms with E-state index in [0.717, 1.165) is 43.6 Å². The van der Waals surface area contributed by atoms with Crippen molar-refractivity contribution in [3.63, 3.8) is 0 Å². The highest BCUT2D eigenvalue weighted by Gasteiger charge is 2.30. The zero-order chi connectivity index (χ0) is 21.4. The highest BCUT2D eigenvalue weighted by atomic mass is 19.4. The summed E-state index contributed by atoms with van der Waals surface area (Å²) >= 11 is 0. The average Bonchev–Trinajstić information content (AvgIpc) is 3.40. The van der Waals surface area contributed by atoms with Crippen molar-refractivity contribution in [1.29, 1.82) is 0 Å². The SMILES string of the molecule is FC(F)(F)c1ccc(-c2nc(Cn3cc(C4CCNCC4)c4ccccc43)no2)cc1. The van der Waals surface area contributed by atoms with Gasteiger partial charge in [0.05, 0.1) is 12.1 Å². The summed E-state index contributed by atoms with van der Waals surface area (Å²) < 4.78 is 45.8. The number of para-hydroxylation sites is 1. The Bertz CT molecular complexity index is 1190. The monoisotopic (exact) mass is 426 g/mol. The van der Waals surface area contributed by atoms with Crippen molar-refractivity contribution in [2.24, 2.45) is 0 Å². The number of fused-ring (bicyclic) bond motifs is 1. The van der Waals surface area contributed by atoms with Crippen LogP contribution >= 0.6 is 0 Å². The Morgan fingerprint density at radius 3 is 2.52 bits per heavy atom. The van der Waals surface area contributed by atoms with Gasteiger partial charge in [-0.25, -0.2) is 0 Å². The summed E-state index contributed by atoms with van der Waals surface area (Å²) in [7, 11) is 0. The van der Waals surface area contributed by atoms with Crippen molar-refractivity contribution >= 4 is 10.9 Å². The minimum absolute atomic E-state index is 0.207. The van der Waals surface area contributed by atoms with E-state index in [0.29, 0.717) is 23.9 Å². The van der Waals surface area contributed by atoms with Crippen molar-refractivity contribution in [2.45, 2.75) is 31.5 Å². The van der Waals surface area contributed by atoms with Gasteiger partial charge in [-0.2, -0.15) is 18.2 Å². The Balaban J connectivity index is 1.41. The van der Waals surface area contributed by atoms with Gasteiger partial charge in [0.2, 0.25) is 0 Å². The van der Waals surface area contributed by atoms with Crippen LogP contribution in [0.1, 0.15) is 35.7 Å². The largest absolute Gasteiger partial charge is 0.416 e. The van der Waals surface area contributed by atoms with E-state index in [2.05, 4.69) is 38.4 Å². The van der Waals surface area contributed by atoms with Gasteiger partial charge in [0.15, 0.2) is 5.82 Å². The number of aromatic nitrogens is 3. The second kappa shape index (κ2) is 7.85. The number of alkyl halides is 3. The number of hydrogen-bond donors (Lipinski definition) is 1. The molecular weight excluding hydrogens is 405 g/mol. The highest BCUT2D eigenvalue weighted by molar-refractivity contribution is 5.84. The van der Waals surface area contributed by atoms with E-state index in [1.165, 1.54) is 23.1 Å². The number of hydrogen-bond acceptors (Lipinski definition) is 4. The molecule has 8 heteroatoms. The third kappa shape index (κ3) is 3.95. The maximum Gasteiger partial charge on any atom is 0.416 e. The first-order valence-electron chi connectivity index (χ1n) is 10.3. The van der Waals surface area contributed by atoms with E-state index >= 15 is 0 Å². The molecule has 0 atom stereocenters. The molecule has 0 bridgehead atoms. The Morgan fingerprint density at radius 2 is 1.77 bits per heavy atom. The van der Waals surface area contributed by atoms with Crippen molar-refractivity contribution in [3.05, 3.63) is 71.7 Å². The first-order valence-corrected chi connectivity index (χ1v) is 10.3. The lowest BCUT2D eigenvalue weighted by Gasteiger charge is -2.22. The van der Waals surface area contributed by atoms with Gasteiger partial charge in [-0.15, -0.1) is 0 Å². The van der Waals surface area contributed by atoms with E-state index in [9.17, 15) is 13.2 Å². The van der Waals surface area contributed by atoms with E-state index in [1.807, 2.05) is 12.1 Å².